The fraction of sp³-hybridized carbons (Fsp3) is 0.381. The average Bonchev–Trinajstić information content (AvgIpc) is 2.93. The van der Waals surface area contributed by atoms with E-state index in [0.29, 0.717) is 19.1 Å². The first-order valence-electron chi connectivity index (χ1n) is 9.01. The maximum absolute atomic E-state index is 12.2. The van der Waals surface area contributed by atoms with Gasteiger partial charge in [0.1, 0.15) is 6.61 Å². The van der Waals surface area contributed by atoms with Crippen LogP contribution in [0.25, 0.3) is 11.1 Å². The molecule has 0 fully saturated rings. The third kappa shape index (κ3) is 4.37. The maximum Gasteiger partial charge on any atom is 0.407 e. The molecule has 0 saturated heterocycles. The van der Waals surface area contributed by atoms with Crippen LogP contribution in [-0.4, -0.2) is 25.3 Å². The van der Waals surface area contributed by atoms with E-state index in [9.17, 15) is 4.79 Å². The second-order valence-electron chi connectivity index (χ2n) is 7.09. The third-order valence-corrected chi connectivity index (χ3v) is 4.77. The van der Waals surface area contributed by atoms with Crippen molar-refractivity contribution in [3.8, 4) is 11.1 Å². The van der Waals surface area contributed by atoms with Crippen LogP contribution in [-0.2, 0) is 4.74 Å². The topological polar surface area (TPSA) is 66.0 Å². The Morgan fingerprint density at radius 2 is 1.62 bits per heavy atom. The van der Waals surface area contributed by atoms with Crippen molar-refractivity contribution in [3.63, 3.8) is 0 Å². The lowest BCUT2D eigenvalue weighted by atomic mass is 9.98. The molecule has 2 aromatic rings. The highest BCUT2D eigenvalue weighted by Crippen LogP contribution is 2.44. The molecule has 0 bridgehead atoms. The van der Waals surface area contributed by atoms with Crippen LogP contribution < -0.4 is 23.5 Å². The molecule has 0 spiro atoms. The van der Waals surface area contributed by atoms with Gasteiger partial charge < -0.3 is 28.2 Å². The quantitative estimate of drug-likeness (QED) is 0.757. The zero-order valence-corrected chi connectivity index (χ0v) is 16.1. The number of nitrogens with one attached hydrogen (secondary N) is 1. The molecule has 0 radical (unpaired) electrons. The number of amides is 1. The lowest BCUT2D eigenvalue weighted by molar-refractivity contribution is -0.373. The summed E-state index contributed by atoms with van der Waals surface area (Å²) in [5.41, 5.74) is 8.85. The molecular formula is C21H27ClN2O2. The van der Waals surface area contributed by atoms with E-state index in [1.54, 1.807) is 0 Å². The predicted molar refractivity (Wildman–Crippen MR) is 99.2 cm³/mol. The molecule has 0 heterocycles. The molecule has 0 aromatic heterocycles. The van der Waals surface area contributed by atoms with Crippen LogP contribution in [0.15, 0.2) is 48.5 Å². The Balaban J connectivity index is 0.00000243. The first kappa shape index (κ1) is 20.3. The molecule has 140 valence electrons. The molecule has 1 amide bonds. The minimum atomic E-state index is -0.351. The van der Waals surface area contributed by atoms with E-state index in [-0.39, 0.29) is 30.5 Å². The molecule has 5 heteroatoms. The molecule has 26 heavy (non-hydrogen) atoms. The molecule has 1 atom stereocenters. The van der Waals surface area contributed by atoms with Gasteiger partial charge in [-0.15, -0.1) is 0 Å². The zero-order chi connectivity index (χ0) is 17.8. The van der Waals surface area contributed by atoms with Crippen LogP contribution in [0.2, 0.25) is 0 Å². The van der Waals surface area contributed by atoms with Gasteiger partial charge in [-0.25, -0.2) is 4.79 Å². The van der Waals surface area contributed by atoms with Crippen LogP contribution >= 0.6 is 0 Å². The van der Waals surface area contributed by atoms with Crippen LogP contribution in [0.1, 0.15) is 37.3 Å². The highest BCUT2D eigenvalue weighted by Gasteiger charge is 2.29. The van der Waals surface area contributed by atoms with E-state index in [1.165, 1.54) is 22.3 Å². The Hall–Kier alpha value is -2.04. The smallest absolute Gasteiger partial charge is 0.407 e. The lowest BCUT2D eigenvalue weighted by Gasteiger charge is -2.19. The molecule has 4 nitrogen and oxygen atoms in total. The van der Waals surface area contributed by atoms with E-state index in [4.69, 9.17) is 4.74 Å². The predicted octanol–water partition coefficient (Wildman–Crippen LogP) is 0.186. The van der Waals surface area contributed by atoms with E-state index in [1.807, 2.05) is 12.1 Å². The Morgan fingerprint density at radius 1 is 1.08 bits per heavy atom. The SMILES string of the molecule is CC(C)C[C@@H](C[NH3+])NC(=O)OCC1c2ccccc2-c2ccccc21.[Cl-]. The highest BCUT2D eigenvalue weighted by molar-refractivity contribution is 5.79. The molecule has 2 aromatic carbocycles. The number of benzene rings is 2. The Kier molecular flexibility index (Phi) is 7.06. The van der Waals surface area contributed by atoms with E-state index >= 15 is 0 Å². The molecule has 0 unspecified atom stereocenters. The summed E-state index contributed by atoms with van der Waals surface area (Å²) >= 11 is 0. The monoisotopic (exact) mass is 374 g/mol. The highest BCUT2D eigenvalue weighted by atomic mass is 35.5. The Labute approximate surface area is 161 Å². The average molecular weight is 375 g/mol. The summed E-state index contributed by atoms with van der Waals surface area (Å²) in [5.74, 6) is 0.613. The lowest BCUT2D eigenvalue weighted by Crippen LogP contribution is -3.00. The van der Waals surface area contributed by atoms with Crippen LogP contribution in [0, 0.1) is 5.92 Å². The number of quaternary nitrogens is 1. The summed E-state index contributed by atoms with van der Waals surface area (Å²) in [6, 6.07) is 16.8. The molecule has 4 N–H and O–H groups in total. The Morgan fingerprint density at radius 3 is 2.12 bits per heavy atom. The van der Waals surface area contributed by atoms with Gasteiger partial charge in [0.05, 0.1) is 12.6 Å². The number of rotatable bonds is 6. The summed E-state index contributed by atoms with van der Waals surface area (Å²) in [5, 5.41) is 2.95. The van der Waals surface area contributed by atoms with Gasteiger partial charge in [0.2, 0.25) is 0 Å². The summed E-state index contributed by atoms with van der Waals surface area (Å²) < 4.78 is 5.58. The number of hydrogen-bond donors (Lipinski definition) is 2. The number of carbonyl (C=O) groups excluding carboxylic acids is 1. The first-order valence-corrected chi connectivity index (χ1v) is 9.01. The zero-order valence-electron chi connectivity index (χ0n) is 15.4. The standard InChI is InChI=1S/C21H26N2O2.ClH/c1-14(2)11-15(12-22)23-21(24)25-13-20-18-9-5-3-7-16(18)17-8-4-6-10-19(17)20;/h3-10,14-15,20H,11-13,22H2,1-2H3,(H,23,24);1H/t15-;/m0./s1. The van der Waals surface area contributed by atoms with E-state index in [2.05, 4.69) is 61.3 Å². The largest absolute Gasteiger partial charge is 1.00 e. The number of fused-ring (bicyclic) bond motifs is 3. The normalized spacial score (nSPS) is 13.5. The fourth-order valence-corrected chi connectivity index (χ4v) is 3.62. The number of halogens is 1. The summed E-state index contributed by atoms with van der Waals surface area (Å²) in [6.07, 6.45) is 0.560. The van der Waals surface area contributed by atoms with Crippen molar-refractivity contribution >= 4 is 6.09 Å². The molecule has 0 aliphatic heterocycles. The van der Waals surface area contributed by atoms with Gasteiger partial charge in [0, 0.05) is 5.92 Å². The number of hydrogen-bond acceptors (Lipinski definition) is 2. The van der Waals surface area contributed by atoms with E-state index in [0.717, 1.165) is 6.42 Å². The van der Waals surface area contributed by atoms with Gasteiger partial charge in [-0.2, -0.15) is 0 Å². The fourth-order valence-electron chi connectivity index (χ4n) is 3.62. The van der Waals surface area contributed by atoms with Crippen molar-refractivity contribution in [1.82, 2.24) is 5.32 Å². The molecule has 0 saturated carbocycles. The summed E-state index contributed by atoms with van der Waals surface area (Å²) in [7, 11) is 0. The van der Waals surface area contributed by atoms with Gasteiger partial charge in [0.15, 0.2) is 0 Å². The molecule has 3 rings (SSSR count). The van der Waals surface area contributed by atoms with Crippen molar-refractivity contribution < 1.29 is 27.7 Å². The van der Waals surface area contributed by atoms with Gasteiger partial charge in [0.25, 0.3) is 0 Å². The van der Waals surface area contributed by atoms with Crippen molar-refractivity contribution in [2.45, 2.75) is 32.2 Å². The van der Waals surface area contributed by atoms with Crippen LogP contribution in [0.4, 0.5) is 4.79 Å². The van der Waals surface area contributed by atoms with E-state index < -0.39 is 0 Å². The van der Waals surface area contributed by atoms with Crippen LogP contribution in [0.3, 0.4) is 0 Å². The maximum atomic E-state index is 12.2. The van der Waals surface area contributed by atoms with Gasteiger partial charge in [-0.05, 0) is 34.6 Å². The van der Waals surface area contributed by atoms with Gasteiger partial charge in [-0.1, -0.05) is 62.4 Å². The van der Waals surface area contributed by atoms with Crippen molar-refractivity contribution in [2.75, 3.05) is 13.2 Å². The van der Waals surface area contributed by atoms with Crippen molar-refractivity contribution in [1.29, 1.82) is 0 Å². The third-order valence-electron chi connectivity index (χ3n) is 4.77. The first-order chi connectivity index (χ1) is 12.1. The van der Waals surface area contributed by atoms with Crippen LogP contribution in [0.5, 0.6) is 0 Å². The molecule has 1 aliphatic carbocycles. The van der Waals surface area contributed by atoms with Crippen molar-refractivity contribution in [2.24, 2.45) is 5.92 Å². The van der Waals surface area contributed by atoms with Crippen molar-refractivity contribution in [3.05, 3.63) is 59.7 Å². The Bertz CT molecular complexity index is 703. The summed E-state index contributed by atoms with van der Waals surface area (Å²) in [4.78, 5) is 12.2. The molecule has 1 aliphatic rings. The minimum Gasteiger partial charge on any atom is -1.00 e. The number of alkyl carbamates (subject to hydrolysis) is 1. The minimum absolute atomic E-state index is 0. The number of carbonyl (C=O) groups is 1. The second-order valence-corrected chi connectivity index (χ2v) is 7.09. The van der Waals surface area contributed by atoms with Gasteiger partial charge in [-0.3, -0.25) is 0 Å². The summed E-state index contributed by atoms with van der Waals surface area (Å²) in [6.45, 7) is 5.30. The van der Waals surface area contributed by atoms with Gasteiger partial charge >= 0.3 is 6.09 Å². The second kappa shape index (κ2) is 9.06. The number of ether oxygens (including phenoxy) is 1. The molecular weight excluding hydrogens is 348 g/mol.